The first-order valence-electron chi connectivity index (χ1n) is 11.7. The van der Waals surface area contributed by atoms with Crippen LogP contribution in [0.25, 0.3) is 0 Å². The van der Waals surface area contributed by atoms with Gasteiger partial charge in [0.25, 0.3) is 5.91 Å². The number of hydrogen-bond acceptors (Lipinski definition) is 6. The molecule has 2 unspecified atom stereocenters. The number of aliphatic hydroxyl groups excluding tert-OH is 1. The zero-order valence-electron chi connectivity index (χ0n) is 19.7. The molecule has 0 aromatic heterocycles. The van der Waals surface area contributed by atoms with E-state index in [9.17, 15) is 19.5 Å². The first-order chi connectivity index (χ1) is 16.3. The number of aliphatic hydroxyl groups is 1. The Balaban J connectivity index is 1.77. The summed E-state index contributed by atoms with van der Waals surface area (Å²) in [6.07, 6.45) is 3.67. The minimum Gasteiger partial charge on any atom is -0.461 e. The number of ether oxygens (including phenoxy) is 2. The molecule has 1 N–H and O–H groups in total. The number of benzene rings is 1. The van der Waals surface area contributed by atoms with Gasteiger partial charge in [-0.25, -0.2) is 0 Å². The second-order valence-electron chi connectivity index (χ2n) is 9.21. The summed E-state index contributed by atoms with van der Waals surface area (Å²) in [5.41, 5.74) is 1.47. The number of fused-ring (bicyclic) bond motifs is 1. The topological polar surface area (TPSA) is 96.4 Å². The van der Waals surface area contributed by atoms with Crippen LogP contribution >= 0.6 is 0 Å². The number of esters is 1. The fourth-order valence-corrected chi connectivity index (χ4v) is 6.09. The molecule has 3 aliphatic rings. The number of β-amino-alcohol motifs (C(OH)–C–C–N with tert-alkyl or cyclic N) is 1. The molecule has 0 aliphatic carbocycles. The Morgan fingerprint density at radius 3 is 2.62 bits per heavy atom. The van der Waals surface area contributed by atoms with E-state index in [1.165, 1.54) is 11.0 Å². The zero-order valence-corrected chi connectivity index (χ0v) is 19.7. The highest BCUT2D eigenvalue weighted by Crippen LogP contribution is 2.58. The van der Waals surface area contributed by atoms with E-state index in [-0.39, 0.29) is 38.1 Å². The third-order valence-corrected chi connectivity index (χ3v) is 7.28. The molecular formula is C26H32N2O6. The van der Waals surface area contributed by atoms with Gasteiger partial charge in [0, 0.05) is 18.8 Å². The van der Waals surface area contributed by atoms with Gasteiger partial charge in [0.2, 0.25) is 5.91 Å². The molecule has 34 heavy (non-hydrogen) atoms. The third kappa shape index (κ3) is 3.56. The van der Waals surface area contributed by atoms with E-state index >= 15 is 0 Å². The van der Waals surface area contributed by atoms with Gasteiger partial charge < -0.3 is 24.4 Å². The fourth-order valence-electron chi connectivity index (χ4n) is 6.09. The molecule has 3 aliphatic heterocycles. The average molecular weight is 469 g/mol. The van der Waals surface area contributed by atoms with Gasteiger partial charge >= 0.3 is 5.97 Å². The maximum atomic E-state index is 14.2. The monoisotopic (exact) mass is 468 g/mol. The lowest BCUT2D eigenvalue weighted by Crippen LogP contribution is -2.57. The first-order valence-corrected chi connectivity index (χ1v) is 11.7. The number of hydrogen-bond donors (Lipinski definition) is 1. The Morgan fingerprint density at radius 2 is 2.00 bits per heavy atom. The molecule has 0 radical (unpaired) electrons. The Hall–Kier alpha value is -2.97. The highest BCUT2D eigenvalue weighted by atomic mass is 16.6. The predicted molar refractivity (Wildman–Crippen MR) is 126 cm³/mol. The van der Waals surface area contributed by atoms with Crippen molar-refractivity contribution in [1.29, 1.82) is 0 Å². The average Bonchev–Trinajstić information content (AvgIpc) is 3.44. The Labute approximate surface area is 199 Å². The lowest BCUT2D eigenvalue weighted by molar-refractivity contribution is -0.154. The van der Waals surface area contributed by atoms with Gasteiger partial charge in [-0.2, -0.15) is 0 Å². The van der Waals surface area contributed by atoms with Gasteiger partial charge in [-0.3, -0.25) is 14.4 Å². The molecule has 1 aromatic carbocycles. The number of aryl methyl sites for hydroxylation is 2. The molecule has 3 fully saturated rings. The van der Waals surface area contributed by atoms with Crippen molar-refractivity contribution in [3.63, 3.8) is 0 Å². The lowest BCUT2D eigenvalue weighted by Gasteiger charge is -2.37. The van der Waals surface area contributed by atoms with E-state index < -0.39 is 35.6 Å². The molecule has 4 rings (SSSR count). The maximum Gasteiger partial charge on any atom is 0.312 e. The molecule has 5 atom stereocenters. The Bertz CT molecular complexity index is 1000. The Morgan fingerprint density at radius 1 is 1.29 bits per heavy atom. The van der Waals surface area contributed by atoms with E-state index in [1.54, 1.807) is 11.0 Å². The SMILES string of the molecule is C=CCOC(=O)[C@@H]1[C@H]2C(=O)N(CCO)C(C(=O)N(CC=C)c3c(C)cccc3C)C23CC[C@H]1O3. The first kappa shape index (κ1) is 24.2. The smallest absolute Gasteiger partial charge is 0.312 e. The molecule has 1 aromatic rings. The van der Waals surface area contributed by atoms with Crippen LogP contribution in [0.1, 0.15) is 24.0 Å². The van der Waals surface area contributed by atoms with Crippen molar-refractivity contribution in [2.24, 2.45) is 11.8 Å². The van der Waals surface area contributed by atoms with Crippen LogP contribution in [0.15, 0.2) is 43.5 Å². The van der Waals surface area contributed by atoms with Crippen LogP contribution in [-0.4, -0.2) is 71.8 Å². The molecule has 1 spiro atoms. The highest BCUT2D eigenvalue weighted by molar-refractivity contribution is 6.05. The number of amides is 2. The molecular weight excluding hydrogens is 436 g/mol. The van der Waals surface area contributed by atoms with E-state index in [2.05, 4.69) is 13.2 Å². The number of carbonyl (C=O) groups is 3. The maximum absolute atomic E-state index is 14.2. The highest BCUT2D eigenvalue weighted by Gasteiger charge is 2.75. The number of anilines is 1. The van der Waals surface area contributed by atoms with Crippen molar-refractivity contribution in [3.8, 4) is 0 Å². The minimum atomic E-state index is -1.14. The normalized spacial score (nSPS) is 29.1. The number of para-hydroxylation sites is 1. The van der Waals surface area contributed by atoms with Crippen LogP contribution in [0, 0.1) is 25.7 Å². The molecule has 3 heterocycles. The number of nitrogens with zero attached hydrogens (tertiary/aromatic N) is 2. The largest absolute Gasteiger partial charge is 0.461 e. The van der Waals surface area contributed by atoms with Crippen molar-refractivity contribution < 1.29 is 29.0 Å². The molecule has 0 saturated carbocycles. The molecule has 182 valence electrons. The van der Waals surface area contributed by atoms with Gasteiger partial charge in [0.15, 0.2) is 0 Å². The predicted octanol–water partition coefficient (Wildman–Crippen LogP) is 1.92. The molecule has 3 saturated heterocycles. The van der Waals surface area contributed by atoms with Crippen molar-refractivity contribution in [3.05, 3.63) is 54.6 Å². The summed E-state index contributed by atoms with van der Waals surface area (Å²) in [5, 5.41) is 9.73. The zero-order chi connectivity index (χ0) is 24.6. The summed E-state index contributed by atoms with van der Waals surface area (Å²) in [4.78, 5) is 43.8. The van der Waals surface area contributed by atoms with Gasteiger partial charge in [-0.05, 0) is 37.8 Å². The summed E-state index contributed by atoms with van der Waals surface area (Å²) in [5.74, 6) is -2.78. The molecule has 2 bridgehead atoms. The van der Waals surface area contributed by atoms with Crippen LogP contribution in [0.3, 0.4) is 0 Å². The van der Waals surface area contributed by atoms with Gasteiger partial charge in [0.05, 0.1) is 24.5 Å². The van der Waals surface area contributed by atoms with Crippen molar-refractivity contribution in [2.45, 2.75) is 44.4 Å². The fraction of sp³-hybridized carbons (Fsp3) is 0.500. The minimum absolute atomic E-state index is 0.0232. The second-order valence-corrected chi connectivity index (χ2v) is 9.21. The van der Waals surface area contributed by atoms with Crippen LogP contribution in [0.4, 0.5) is 5.69 Å². The van der Waals surface area contributed by atoms with Gasteiger partial charge in [-0.1, -0.05) is 36.9 Å². The molecule has 8 nitrogen and oxygen atoms in total. The molecule has 8 heteroatoms. The van der Waals surface area contributed by atoms with Crippen LogP contribution < -0.4 is 4.90 Å². The van der Waals surface area contributed by atoms with Crippen molar-refractivity contribution in [1.82, 2.24) is 4.90 Å². The number of carbonyl (C=O) groups excluding carboxylic acids is 3. The van der Waals surface area contributed by atoms with Crippen LogP contribution in [0.5, 0.6) is 0 Å². The summed E-state index contributed by atoms with van der Waals surface area (Å²) < 4.78 is 11.7. The van der Waals surface area contributed by atoms with E-state index in [0.29, 0.717) is 12.8 Å². The molecule has 2 amide bonds. The van der Waals surface area contributed by atoms with E-state index in [1.807, 2.05) is 32.0 Å². The summed E-state index contributed by atoms with van der Waals surface area (Å²) in [6, 6.07) is 4.83. The van der Waals surface area contributed by atoms with Gasteiger partial charge in [-0.15, -0.1) is 6.58 Å². The number of rotatable bonds is 9. The number of likely N-dealkylation sites (tertiary alicyclic amines) is 1. The van der Waals surface area contributed by atoms with Crippen molar-refractivity contribution >= 4 is 23.5 Å². The van der Waals surface area contributed by atoms with Crippen molar-refractivity contribution in [2.75, 3.05) is 31.2 Å². The lowest BCUT2D eigenvalue weighted by atomic mass is 9.70. The van der Waals surface area contributed by atoms with E-state index in [4.69, 9.17) is 9.47 Å². The quantitative estimate of drug-likeness (QED) is 0.439. The van der Waals surface area contributed by atoms with Gasteiger partial charge in [0.1, 0.15) is 18.2 Å². The Kier molecular flexibility index (Phi) is 6.64. The summed E-state index contributed by atoms with van der Waals surface area (Å²) in [7, 11) is 0. The summed E-state index contributed by atoms with van der Waals surface area (Å²) >= 11 is 0. The standard InChI is InChI=1S/C26H32N2O6/c1-5-12-27(21-16(3)8-7-9-17(21)4)24(31)22-26-11-10-18(34-26)19(25(32)33-15-6-2)20(26)23(30)28(22)13-14-29/h5-9,18-20,22,29H,1-2,10-15H2,3-4H3/t18-,19+,20+,22?,26?/m1/s1. The van der Waals surface area contributed by atoms with Crippen LogP contribution in [-0.2, 0) is 23.9 Å². The van der Waals surface area contributed by atoms with E-state index in [0.717, 1.165) is 16.8 Å². The van der Waals surface area contributed by atoms with Crippen LogP contribution in [0.2, 0.25) is 0 Å². The second kappa shape index (κ2) is 9.35. The summed E-state index contributed by atoms with van der Waals surface area (Å²) in [6.45, 7) is 11.2. The third-order valence-electron chi connectivity index (χ3n) is 7.28.